The molecule has 0 amide bonds. The number of allylic oxidation sites excluding steroid dienone is 3. The van der Waals surface area contributed by atoms with Gasteiger partial charge in [0.05, 0.1) is 0 Å². The van der Waals surface area contributed by atoms with Gasteiger partial charge in [-0.25, -0.2) is 4.39 Å². The molecule has 0 saturated heterocycles. The van der Waals surface area contributed by atoms with Gasteiger partial charge in [-0.3, -0.25) is 0 Å². The lowest BCUT2D eigenvalue weighted by molar-refractivity contribution is 0.668. The molecule has 0 aliphatic heterocycles. The minimum atomic E-state index is -0.534. The molecule has 0 heterocycles. The van der Waals surface area contributed by atoms with Crippen LogP contribution in [0.4, 0.5) is 4.39 Å². The lowest BCUT2D eigenvalue weighted by Crippen LogP contribution is -1.66. The second kappa shape index (κ2) is 3.50. The Morgan fingerprint density at radius 1 is 1.62 bits per heavy atom. The van der Waals surface area contributed by atoms with Gasteiger partial charge in [-0.15, -0.1) is 12.6 Å². The van der Waals surface area contributed by atoms with Crippen LogP contribution >= 0.6 is 12.6 Å². The number of hydrogen-bond acceptors (Lipinski definition) is 1. The van der Waals surface area contributed by atoms with E-state index < -0.39 is 5.83 Å². The normalized spacial score (nSPS) is 11.0. The molecule has 0 fully saturated rings. The van der Waals surface area contributed by atoms with Crippen molar-refractivity contribution in [1.29, 1.82) is 0 Å². The monoisotopic (exact) mass is 130 g/mol. The summed E-state index contributed by atoms with van der Waals surface area (Å²) < 4.78 is 11.9. The SMILES string of the molecule is C=C/C=C(/S)C(=C)F. The van der Waals surface area contributed by atoms with Gasteiger partial charge in [-0.2, -0.15) is 0 Å². The molecule has 0 atom stereocenters. The van der Waals surface area contributed by atoms with E-state index in [-0.39, 0.29) is 4.91 Å². The van der Waals surface area contributed by atoms with Gasteiger partial charge < -0.3 is 0 Å². The van der Waals surface area contributed by atoms with Crippen LogP contribution in [0.2, 0.25) is 0 Å². The molecule has 8 heavy (non-hydrogen) atoms. The molecule has 0 N–H and O–H groups in total. The van der Waals surface area contributed by atoms with Crippen molar-refractivity contribution in [3.63, 3.8) is 0 Å². The third-order valence-corrected chi connectivity index (χ3v) is 0.945. The number of hydrogen-bond donors (Lipinski definition) is 1. The Morgan fingerprint density at radius 3 is 2.25 bits per heavy atom. The molecule has 44 valence electrons. The molecule has 0 spiro atoms. The summed E-state index contributed by atoms with van der Waals surface area (Å²) in [6.07, 6.45) is 2.89. The Morgan fingerprint density at radius 2 is 2.12 bits per heavy atom. The molecule has 0 aromatic heterocycles. The number of rotatable bonds is 2. The van der Waals surface area contributed by atoms with Gasteiger partial charge in [0.1, 0.15) is 5.83 Å². The van der Waals surface area contributed by atoms with Gasteiger partial charge in [0, 0.05) is 4.91 Å². The predicted molar refractivity (Wildman–Crippen MR) is 37.5 cm³/mol. The highest BCUT2D eigenvalue weighted by Crippen LogP contribution is 2.11. The van der Waals surface area contributed by atoms with E-state index in [0.29, 0.717) is 0 Å². The minimum Gasteiger partial charge on any atom is -0.206 e. The van der Waals surface area contributed by atoms with Gasteiger partial charge >= 0.3 is 0 Å². The van der Waals surface area contributed by atoms with E-state index in [0.717, 1.165) is 0 Å². The fraction of sp³-hybridized carbons (Fsp3) is 0. The summed E-state index contributed by atoms with van der Waals surface area (Å²) in [5, 5.41) is 0. The highest BCUT2D eigenvalue weighted by molar-refractivity contribution is 7.84. The van der Waals surface area contributed by atoms with Crippen LogP contribution in [0.15, 0.2) is 36.0 Å². The van der Waals surface area contributed by atoms with Crippen molar-refractivity contribution in [2.75, 3.05) is 0 Å². The molecular weight excluding hydrogens is 123 g/mol. The van der Waals surface area contributed by atoms with Crippen LogP contribution < -0.4 is 0 Å². The smallest absolute Gasteiger partial charge is 0.129 e. The van der Waals surface area contributed by atoms with Crippen molar-refractivity contribution in [2.45, 2.75) is 0 Å². The first-order chi connectivity index (χ1) is 3.68. The average molecular weight is 130 g/mol. The van der Waals surface area contributed by atoms with Gasteiger partial charge in [0.15, 0.2) is 0 Å². The Balaban J connectivity index is 3.99. The van der Waals surface area contributed by atoms with Crippen molar-refractivity contribution >= 4 is 12.6 Å². The lowest BCUT2D eigenvalue weighted by atomic mass is 10.4. The largest absolute Gasteiger partial charge is 0.206 e. The zero-order valence-electron chi connectivity index (χ0n) is 4.39. The van der Waals surface area contributed by atoms with Crippen molar-refractivity contribution in [3.05, 3.63) is 36.0 Å². The summed E-state index contributed by atoms with van der Waals surface area (Å²) in [7, 11) is 0. The topological polar surface area (TPSA) is 0 Å². The van der Waals surface area contributed by atoms with Crippen LogP contribution in [0.3, 0.4) is 0 Å². The maximum absolute atomic E-state index is 11.9. The molecule has 0 saturated carbocycles. The fourth-order valence-corrected chi connectivity index (χ4v) is 0.307. The van der Waals surface area contributed by atoms with Crippen molar-refractivity contribution in [2.24, 2.45) is 0 Å². The van der Waals surface area contributed by atoms with Crippen LogP contribution in [0.5, 0.6) is 0 Å². The van der Waals surface area contributed by atoms with Crippen molar-refractivity contribution in [1.82, 2.24) is 0 Å². The standard InChI is InChI=1S/C6H7FS/c1-3-4-6(8)5(2)7/h3-4,8H,1-2H2/b6-4+. The van der Waals surface area contributed by atoms with Crippen molar-refractivity contribution in [3.8, 4) is 0 Å². The number of halogens is 1. The lowest BCUT2D eigenvalue weighted by Gasteiger charge is -1.87. The zero-order chi connectivity index (χ0) is 6.57. The van der Waals surface area contributed by atoms with E-state index in [1.807, 2.05) is 0 Å². The van der Waals surface area contributed by atoms with Crippen LogP contribution in [0, 0.1) is 0 Å². The van der Waals surface area contributed by atoms with E-state index in [2.05, 4.69) is 25.8 Å². The van der Waals surface area contributed by atoms with E-state index in [1.165, 1.54) is 12.2 Å². The third kappa shape index (κ3) is 2.64. The quantitative estimate of drug-likeness (QED) is 0.431. The molecule has 0 aliphatic carbocycles. The maximum atomic E-state index is 11.9. The van der Waals surface area contributed by atoms with Crippen LogP contribution in [-0.2, 0) is 0 Å². The summed E-state index contributed by atoms with van der Waals surface area (Å²) in [5.41, 5.74) is 0. The summed E-state index contributed by atoms with van der Waals surface area (Å²) in [6, 6.07) is 0. The molecule has 0 radical (unpaired) electrons. The molecule has 0 aliphatic rings. The molecule has 0 rings (SSSR count). The van der Waals surface area contributed by atoms with Gasteiger partial charge in [0.25, 0.3) is 0 Å². The first-order valence-corrected chi connectivity index (χ1v) is 2.49. The Labute approximate surface area is 53.8 Å². The fourth-order valence-electron chi connectivity index (χ4n) is 0.202. The molecule has 0 bridgehead atoms. The van der Waals surface area contributed by atoms with E-state index in [9.17, 15) is 4.39 Å². The summed E-state index contributed by atoms with van der Waals surface area (Å²) in [4.78, 5) is 0.222. The molecule has 2 heteroatoms. The van der Waals surface area contributed by atoms with Crippen LogP contribution in [0.1, 0.15) is 0 Å². The Kier molecular flexibility index (Phi) is 3.28. The van der Waals surface area contributed by atoms with E-state index in [1.54, 1.807) is 0 Å². The molecular formula is C6H7FS. The molecule has 0 aromatic carbocycles. The minimum absolute atomic E-state index is 0.222. The van der Waals surface area contributed by atoms with E-state index in [4.69, 9.17) is 0 Å². The first-order valence-electron chi connectivity index (χ1n) is 2.05. The van der Waals surface area contributed by atoms with Crippen molar-refractivity contribution < 1.29 is 4.39 Å². The van der Waals surface area contributed by atoms with Crippen LogP contribution in [-0.4, -0.2) is 0 Å². The first kappa shape index (κ1) is 7.50. The van der Waals surface area contributed by atoms with Gasteiger partial charge in [-0.1, -0.05) is 19.2 Å². The van der Waals surface area contributed by atoms with Gasteiger partial charge in [0.2, 0.25) is 0 Å². The predicted octanol–water partition coefficient (Wildman–Crippen LogP) is 2.47. The zero-order valence-corrected chi connectivity index (χ0v) is 5.29. The second-order valence-electron chi connectivity index (χ2n) is 1.19. The average Bonchev–Trinajstić information content (AvgIpc) is 1.67. The Hall–Kier alpha value is -0.500. The number of thiol groups is 1. The molecule has 0 nitrogen and oxygen atoms in total. The third-order valence-electron chi connectivity index (χ3n) is 0.554. The van der Waals surface area contributed by atoms with Crippen LogP contribution in [0.25, 0.3) is 0 Å². The van der Waals surface area contributed by atoms with E-state index >= 15 is 0 Å². The van der Waals surface area contributed by atoms with Gasteiger partial charge in [-0.05, 0) is 6.08 Å². The highest BCUT2D eigenvalue weighted by atomic mass is 32.1. The summed E-state index contributed by atoms with van der Waals surface area (Å²) in [6.45, 7) is 6.36. The molecule has 0 aromatic rings. The Bertz CT molecular complexity index is 135. The second-order valence-corrected chi connectivity index (χ2v) is 1.67. The summed E-state index contributed by atoms with van der Waals surface area (Å²) in [5.74, 6) is -0.534. The summed E-state index contributed by atoms with van der Waals surface area (Å²) >= 11 is 3.72. The molecule has 0 unspecified atom stereocenters. The maximum Gasteiger partial charge on any atom is 0.129 e. The highest BCUT2D eigenvalue weighted by Gasteiger charge is 1.89.